The Morgan fingerprint density at radius 1 is 0.900 bits per heavy atom. The van der Waals surface area contributed by atoms with Crippen LogP contribution in [0.15, 0.2) is 36.4 Å². The van der Waals surface area contributed by atoms with Crippen LogP contribution in [0.3, 0.4) is 0 Å². The number of amides is 1. The number of likely N-dealkylation sites (tertiary alicyclic amines) is 1. The SMILES string of the molecule is O=C1CCc2cc(OC3CCN(C4CCC4)CC3)ccc2N1c1cc(F)cc(F)c1. The summed E-state index contributed by atoms with van der Waals surface area (Å²) in [7, 11) is 0. The van der Waals surface area contributed by atoms with E-state index in [1.54, 1.807) is 0 Å². The zero-order chi connectivity index (χ0) is 20.7. The van der Waals surface area contributed by atoms with Crippen LogP contribution in [0.1, 0.15) is 44.1 Å². The molecule has 2 aromatic carbocycles. The molecule has 0 radical (unpaired) electrons. The van der Waals surface area contributed by atoms with E-state index in [2.05, 4.69) is 4.90 Å². The Morgan fingerprint density at radius 2 is 1.63 bits per heavy atom. The molecule has 0 unspecified atom stereocenters. The van der Waals surface area contributed by atoms with Crippen molar-refractivity contribution in [1.29, 1.82) is 0 Å². The van der Waals surface area contributed by atoms with E-state index in [9.17, 15) is 13.6 Å². The van der Waals surface area contributed by atoms with Gasteiger partial charge in [0.05, 0.1) is 11.4 Å². The first-order valence-electron chi connectivity index (χ1n) is 10.9. The molecule has 4 nitrogen and oxygen atoms in total. The van der Waals surface area contributed by atoms with Crippen molar-refractivity contribution >= 4 is 17.3 Å². The Labute approximate surface area is 175 Å². The number of hydrogen-bond acceptors (Lipinski definition) is 3. The first-order valence-corrected chi connectivity index (χ1v) is 10.9. The zero-order valence-electron chi connectivity index (χ0n) is 16.9. The molecule has 158 valence electrons. The van der Waals surface area contributed by atoms with E-state index >= 15 is 0 Å². The molecule has 1 aliphatic carbocycles. The van der Waals surface area contributed by atoms with Crippen molar-refractivity contribution in [3.63, 3.8) is 0 Å². The number of hydrogen-bond donors (Lipinski definition) is 0. The van der Waals surface area contributed by atoms with Gasteiger partial charge in [-0.2, -0.15) is 0 Å². The van der Waals surface area contributed by atoms with Gasteiger partial charge in [0.15, 0.2) is 0 Å². The fourth-order valence-corrected chi connectivity index (χ4v) is 4.80. The summed E-state index contributed by atoms with van der Waals surface area (Å²) in [5, 5.41) is 0. The summed E-state index contributed by atoms with van der Waals surface area (Å²) in [5.41, 5.74) is 1.85. The molecular formula is C24H26F2N2O2. The highest BCUT2D eigenvalue weighted by Gasteiger charge is 2.30. The highest BCUT2D eigenvalue weighted by Crippen LogP contribution is 2.37. The number of anilines is 2. The van der Waals surface area contributed by atoms with Crippen LogP contribution in [-0.4, -0.2) is 36.0 Å². The lowest BCUT2D eigenvalue weighted by molar-refractivity contribution is -0.118. The van der Waals surface area contributed by atoms with Gasteiger partial charge in [-0.3, -0.25) is 9.69 Å². The third-order valence-electron chi connectivity index (χ3n) is 6.63. The lowest BCUT2D eigenvalue weighted by atomic mass is 9.90. The van der Waals surface area contributed by atoms with Crippen LogP contribution in [0, 0.1) is 11.6 Å². The van der Waals surface area contributed by atoms with Crippen molar-refractivity contribution in [2.75, 3.05) is 18.0 Å². The molecule has 0 spiro atoms. The smallest absolute Gasteiger partial charge is 0.231 e. The second-order valence-electron chi connectivity index (χ2n) is 8.59. The minimum absolute atomic E-state index is 0.162. The van der Waals surface area contributed by atoms with Crippen LogP contribution in [0.25, 0.3) is 0 Å². The molecule has 6 heteroatoms. The molecule has 0 bridgehead atoms. The highest BCUT2D eigenvalue weighted by molar-refractivity contribution is 6.03. The van der Waals surface area contributed by atoms with Crippen LogP contribution in [0.2, 0.25) is 0 Å². The lowest BCUT2D eigenvalue weighted by Crippen LogP contribution is -2.46. The summed E-state index contributed by atoms with van der Waals surface area (Å²) in [5.74, 6) is -0.753. The van der Waals surface area contributed by atoms with Crippen molar-refractivity contribution in [3.8, 4) is 5.75 Å². The summed E-state index contributed by atoms with van der Waals surface area (Å²) in [6.45, 7) is 2.18. The molecule has 1 amide bonds. The van der Waals surface area contributed by atoms with Gasteiger partial charge in [-0.15, -0.1) is 0 Å². The number of ether oxygens (including phenoxy) is 1. The number of halogens is 2. The maximum atomic E-state index is 13.7. The van der Waals surface area contributed by atoms with Crippen LogP contribution in [-0.2, 0) is 11.2 Å². The second-order valence-corrected chi connectivity index (χ2v) is 8.59. The van der Waals surface area contributed by atoms with Crippen molar-refractivity contribution in [2.24, 2.45) is 0 Å². The third kappa shape index (κ3) is 3.81. The van der Waals surface area contributed by atoms with Gasteiger partial charge in [0, 0.05) is 31.6 Å². The standard InChI is InChI=1S/C24H26F2N2O2/c25-17-13-18(26)15-20(14-17)28-23-6-5-22(12-16(23)4-7-24(28)29)30-21-8-10-27(11-9-21)19-2-1-3-19/h5-6,12-15,19,21H,1-4,7-11H2. The predicted octanol–water partition coefficient (Wildman–Crippen LogP) is 4.97. The topological polar surface area (TPSA) is 32.8 Å². The van der Waals surface area contributed by atoms with E-state index < -0.39 is 11.6 Å². The minimum atomic E-state index is -0.696. The Morgan fingerprint density at radius 3 is 2.30 bits per heavy atom. The van der Waals surface area contributed by atoms with Gasteiger partial charge in [-0.1, -0.05) is 6.42 Å². The van der Waals surface area contributed by atoms with E-state index in [0.29, 0.717) is 18.5 Å². The molecule has 2 heterocycles. The van der Waals surface area contributed by atoms with Crippen molar-refractivity contribution in [2.45, 2.75) is 57.1 Å². The molecule has 5 rings (SSSR count). The fourth-order valence-electron chi connectivity index (χ4n) is 4.80. The van der Waals surface area contributed by atoms with E-state index in [-0.39, 0.29) is 17.7 Å². The molecule has 0 N–H and O–H groups in total. The number of carbonyl (C=O) groups excluding carboxylic acids is 1. The van der Waals surface area contributed by atoms with E-state index in [4.69, 9.17) is 4.74 Å². The molecule has 0 aromatic heterocycles. The van der Waals surface area contributed by atoms with Crippen molar-refractivity contribution < 1.29 is 18.3 Å². The highest BCUT2D eigenvalue weighted by atomic mass is 19.1. The Balaban J connectivity index is 1.31. The third-order valence-corrected chi connectivity index (χ3v) is 6.63. The first-order chi connectivity index (χ1) is 14.6. The molecule has 0 atom stereocenters. The molecule has 1 saturated heterocycles. The molecule has 1 saturated carbocycles. The molecular weight excluding hydrogens is 386 g/mol. The molecule has 2 aromatic rings. The quantitative estimate of drug-likeness (QED) is 0.711. The van der Waals surface area contributed by atoms with Gasteiger partial charge in [-0.25, -0.2) is 8.78 Å². The van der Waals surface area contributed by atoms with Crippen molar-refractivity contribution in [1.82, 2.24) is 4.90 Å². The Kier molecular flexibility index (Phi) is 5.19. The van der Waals surface area contributed by atoms with Gasteiger partial charge in [0.25, 0.3) is 0 Å². The summed E-state index contributed by atoms with van der Waals surface area (Å²) < 4.78 is 33.7. The van der Waals surface area contributed by atoms with Crippen LogP contribution < -0.4 is 9.64 Å². The molecule has 2 aliphatic heterocycles. The Hall–Kier alpha value is -2.47. The Bertz CT molecular complexity index is 932. The molecule has 2 fully saturated rings. The van der Waals surface area contributed by atoms with Gasteiger partial charge in [0.2, 0.25) is 5.91 Å². The van der Waals surface area contributed by atoms with E-state index in [1.807, 2.05) is 18.2 Å². The number of aryl methyl sites for hydroxylation is 1. The largest absolute Gasteiger partial charge is 0.490 e. The second kappa shape index (κ2) is 7.99. The fraction of sp³-hybridized carbons (Fsp3) is 0.458. The maximum Gasteiger partial charge on any atom is 0.231 e. The summed E-state index contributed by atoms with van der Waals surface area (Å²) in [6.07, 6.45) is 7.19. The molecule has 3 aliphatic rings. The van der Waals surface area contributed by atoms with Gasteiger partial charge < -0.3 is 9.64 Å². The maximum absolute atomic E-state index is 13.7. The minimum Gasteiger partial charge on any atom is -0.490 e. The van der Waals surface area contributed by atoms with Crippen LogP contribution >= 0.6 is 0 Å². The average molecular weight is 412 g/mol. The number of carbonyl (C=O) groups is 1. The molecule has 30 heavy (non-hydrogen) atoms. The predicted molar refractivity (Wildman–Crippen MR) is 111 cm³/mol. The van der Waals surface area contributed by atoms with Crippen LogP contribution in [0.5, 0.6) is 5.75 Å². The lowest BCUT2D eigenvalue weighted by Gasteiger charge is -2.41. The number of piperidine rings is 1. The summed E-state index contributed by atoms with van der Waals surface area (Å²) in [6, 6.07) is 9.64. The van der Waals surface area contributed by atoms with Gasteiger partial charge in [0.1, 0.15) is 23.5 Å². The average Bonchev–Trinajstić information content (AvgIpc) is 2.67. The summed E-state index contributed by atoms with van der Waals surface area (Å²) >= 11 is 0. The van der Waals surface area contributed by atoms with Crippen molar-refractivity contribution in [3.05, 3.63) is 53.6 Å². The first kappa shape index (κ1) is 19.5. The number of benzene rings is 2. The normalized spacial score (nSPS) is 20.7. The number of nitrogens with zero attached hydrogens (tertiary/aromatic N) is 2. The van der Waals surface area contributed by atoms with E-state index in [0.717, 1.165) is 49.4 Å². The van der Waals surface area contributed by atoms with E-state index in [1.165, 1.54) is 36.3 Å². The number of fused-ring (bicyclic) bond motifs is 1. The van der Waals surface area contributed by atoms with Gasteiger partial charge in [-0.05, 0) is 68.0 Å². The summed E-state index contributed by atoms with van der Waals surface area (Å²) in [4.78, 5) is 16.5. The zero-order valence-corrected chi connectivity index (χ0v) is 16.9. The monoisotopic (exact) mass is 412 g/mol. The number of rotatable bonds is 4. The van der Waals surface area contributed by atoms with Crippen LogP contribution in [0.4, 0.5) is 20.2 Å². The van der Waals surface area contributed by atoms with Gasteiger partial charge >= 0.3 is 0 Å².